The number of sulfone groups is 1. The van der Waals surface area contributed by atoms with Gasteiger partial charge in [-0.25, -0.2) is 23.4 Å². The van der Waals surface area contributed by atoms with Gasteiger partial charge in [-0.15, -0.1) is 0 Å². The van der Waals surface area contributed by atoms with Crippen LogP contribution in [0.5, 0.6) is 0 Å². The van der Waals surface area contributed by atoms with Crippen LogP contribution in [0.1, 0.15) is 5.56 Å². The maximum atomic E-state index is 13.0. The Balaban J connectivity index is 1.33. The van der Waals surface area contributed by atoms with Crippen LogP contribution in [0, 0.1) is 11.3 Å². The fourth-order valence-corrected chi connectivity index (χ4v) is 4.84. The molecule has 0 spiro atoms. The molecule has 1 aliphatic rings. The topological polar surface area (TPSA) is 125 Å². The monoisotopic (exact) mass is 501 g/mol. The summed E-state index contributed by atoms with van der Waals surface area (Å²) in [7, 11) is -3.52. The van der Waals surface area contributed by atoms with Gasteiger partial charge >= 0.3 is 0 Å². The van der Waals surface area contributed by atoms with Crippen molar-refractivity contribution in [1.82, 2.24) is 24.4 Å². The van der Waals surface area contributed by atoms with E-state index in [1.807, 2.05) is 39.9 Å². The first-order valence-corrected chi connectivity index (χ1v) is 13.2. The van der Waals surface area contributed by atoms with Crippen LogP contribution in [-0.4, -0.2) is 71.2 Å². The van der Waals surface area contributed by atoms with Gasteiger partial charge in [0.1, 0.15) is 12.2 Å². The van der Waals surface area contributed by atoms with E-state index in [9.17, 15) is 18.5 Å². The van der Waals surface area contributed by atoms with Crippen molar-refractivity contribution in [2.24, 2.45) is 0 Å². The van der Waals surface area contributed by atoms with Crippen molar-refractivity contribution in [2.45, 2.75) is 11.7 Å². The average molecular weight is 502 g/mol. The van der Waals surface area contributed by atoms with Crippen LogP contribution >= 0.6 is 0 Å². The van der Waals surface area contributed by atoms with Crippen molar-refractivity contribution in [1.29, 1.82) is 5.26 Å². The van der Waals surface area contributed by atoms with E-state index in [0.29, 0.717) is 37.3 Å². The molecule has 4 heterocycles. The number of hydrogen-bond donors (Lipinski definition) is 0. The summed E-state index contributed by atoms with van der Waals surface area (Å²) in [4.78, 5) is 29.4. The largest absolute Gasteiger partial charge is 0.367 e. The third-order valence-electron chi connectivity index (χ3n) is 6.20. The highest BCUT2D eigenvalue weighted by molar-refractivity contribution is 7.90. The molecule has 0 unspecified atom stereocenters. The first kappa shape index (κ1) is 23.4. The van der Waals surface area contributed by atoms with Crippen molar-refractivity contribution in [3.05, 3.63) is 66.7 Å². The molecule has 11 heteroatoms. The second-order valence-corrected chi connectivity index (χ2v) is 10.5. The maximum Gasteiger partial charge on any atom is 0.246 e. The highest BCUT2D eigenvalue weighted by atomic mass is 32.2. The molecule has 1 fully saturated rings. The Bertz CT molecular complexity index is 1580. The molecule has 0 radical (unpaired) electrons. The van der Waals surface area contributed by atoms with Crippen molar-refractivity contribution in [2.75, 3.05) is 37.3 Å². The molecule has 1 aliphatic heterocycles. The third-order valence-corrected chi connectivity index (χ3v) is 7.07. The Hall–Kier alpha value is -4.30. The predicted molar refractivity (Wildman–Crippen MR) is 134 cm³/mol. The fourth-order valence-electron chi connectivity index (χ4n) is 4.35. The molecule has 182 valence electrons. The lowest BCUT2D eigenvalue weighted by atomic mass is 10.0. The highest BCUT2D eigenvalue weighted by Gasteiger charge is 2.24. The van der Waals surface area contributed by atoms with Gasteiger partial charge in [0.2, 0.25) is 20.9 Å². The minimum atomic E-state index is -3.52. The summed E-state index contributed by atoms with van der Waals surface area (Å²) >= 11 is 0. The number of aromatic nitrogens is 4. The van der Waals surface area contributed by atoms with E-state index in [-0.39, 0.29) is 17.6 Å². The Morgan fingerprint density at radius 1 is 1.06 bits per heavy atom. The van der Waals surface area contributed by atoms with Crippen LogP contribution in [0.3, 0.4) is 0 Å². The molecular weight excluding hydrogens is 478 g/mol. The second kappa shape index (κ2) is 9.39. The molecule has 4 aromatic rings. The number of nitrogens with zero attached hydrogens (tertiary/aromatic N) is 7. The van der Waals surface area contributed by atoms with Gasteiger partial charge in [-0.05, 0) is 36.4 Å². The van der Waals surface area contributed by atoms with Crippen LogP contribution < -0.4 is 4.90 Å². The van der Waals surface area contributed by atoms with Gasteiger partial charge in [0.05, 0.1) is 11.6 Å². The number of benzene rings is 1. The Labute approximate surface area is 208 Å². The molecule has 36 heavy (non-hydrogen) atoms. The van der Waals surface area contributed by atoms with E-state index >= 15 is 0 Å². The van der Waals surface area contributed by atoms with E-state index < -0.39 is 9.84 Å². The molecule has 0 atom stereocenters. The standard InChI is InChI=1S/C25H23N7O3S/c1-36(34,35)25-28-15-20(16-29-25)21-13-18(14-26)4-5-22(21)30-9-11-31(12-10-30)23(33)17-32-8-6-19-3-2-7-27-24(19)32/h2-8,13,15-16H,9-12,17H2,1H3. The summed E-state index contributed by atoms with van der Waals surface area (Å²) < 4.78 is 25.3. The van der Waals surface area contributed by atoms with Crippen LogP contribution in [-0.2, 0) is 21.2 Å². The molecule has 1 saturated heterocycles. The van der Waals surface area contributed by atoms with E-state index in [0.717, 1.165) is 28.5 Å². The molecule has 3 aromatic heterocycles. The van der Waals surface area contributed by atoms with Crippen molar-refractivity contribution in [3.8, 4) is 17.2 Å². The molecule has 10 nitrogen and oxygen atoms in total. The SMILES string of the molecule is CS(=O)(=O)c1ncc(-c2cc(C#N)ccc2N2CCN(C(=O)Cn3ccc4cccnc43)CC2)cn1. The van der Waals surface area contributed by atoms with Crippen LogP contribution in [0.4, 0.5) is 5.69 Å². The van der Waals surface area contributed by atoms with Crippen molar-refractivity contribution < 1.29 is 13.2 Å². The summed E-state index contributed by atoms with van der Waals surface area (Å²) in [5, 5.41) is 10.2. The lowest BCUT2D eigenvalue weighted by molar-refractivity contribution is -0.132. The number of piperazine rings is 1. The molecule has 0 N–H and O–H groups in total. The minimum Gasteiger partial charge on any atom is -0.367 e. The van der Waals surface area contributed by atoms with Crippen molar-refractivity contribution >= 4 is 32.5 Å². The highest BCUT2D eigenvalue weighted by Crippen LogP contribution is 2.32. The molecule has 1 aromatic carbocycles. The quantitative estimate of drug-likeness (QED) is 0.381. The normalized spacial score (nSPS) is 14.1. The summed E-state index contributed by atoms with van der Waals surface area (Å²) in [6.45, 7) is 2.55. The molecule has 0 bridgehead atoms. The van der Waals surface area contributed by atoms with Gasteiger partial charge in [-0.1, -0.05) is 0 Å². The number of hydrogen-bond acceptors (Lipinski definition) is 8. The van der Waals surface area contributed by atoms with Gasteiger partial charge < -0.3 is 14.4 Å². The number of carbonyl (C=O) groups excluding carboxylic acids is 1. The van der Waals surface area contributed by atoms with Crippen LogP contribution in [0.25, 0.3) is 22.2 Å². The molecule has 0 aliphatic carbocycles. The second-order valence-electron chi connectivity index (χ2n) is 8.60. The number of rotatable bonds is 5. The predicted octanol–water partition coefficient (Wildman–Crippen LogP) is 2.12. The molecule has 5 rings (SSSR count). The lowest BCUT2D eigenvalue weighted by Gasteiger charge is -2.37. The number of amides is 1. The summed E-state index contributed by atoms with van der Waals surface area (Å²) in [5.41, 5.74) is 3.48. The summed E-state index contributed by atoms with van der Waals surface area (Å²) in [5.74, 6) is 0.0302. The zero-order valence-corrected chi connectivity index (χ0v) is 20.4. The van der Waals surface area contributed by atoms with Crippen molar-refractivity contribution in [3.63, 3.8) is 0 Å². The zero-order valence-electron chi connectivity index (χ0n) is 19.6. The number of pyridine rings is 1. The van der Waals surface area contributed by atoms with Gasteiger partial charge in [0.15, 0.2) is 0 Å². The first-order valence-electron chi connectivity index (χ1n) is 11.3. The summed E-state index contributed by atoms with van der Waals surface area (Å²) in [6.07, 6.45) is 7.57. The fraction of sp³-hybridized carbons (Fsp3) is 0.240. The van der Waals surface area contributed by atoms with Gasteiger partial charge in [-0.3, -0.25) is 4.79 Å². The maximum absolute atomic E-state index is 13.0. The van der Waals surface area contributed by atoms with E-state index in [1.54, 1.807) is 18.3 Å². The van der Waals surface area contributed by atoms with Gasteiger partial charge in [0, 0.05) is 79.4 Å². The van der Waals surface area contributed by atoms with E-state index in [1.165, 1.54) is 12.4 Å². The Morgan fingerprint density at radius 2 is 1.81 bits per heavy atom. The third kappa shape index (κ3) is 4.63. The first-order chi connectivity index (χ1) is 17.3. The molecule has 0 saturated carbocycles. The zero-order chi connectivity index (χ0) is 25.3. The Morgan fingerprint density at radius 3 is 2.50 bits per heavy atom. The minimum absolute atomic E-state index is 0.0302. The lowest BCUT2D eigenvalue weighted by Crippen LogP contribution is -2.49. The average Bonchev–Trinajstić information content (AvgIpc) is 3.30. The van der Waals surface area contributed by atoms with E-state index in [4.69, 9.17) is 0 Å². The number of carbonyl (C=O) groups is 1. The number of fused-ring (bicyclic) bond motifs is 1. The van der Waals surface area contributed by atoms with Gasteiger partial charge in [0.25, 0.3) is 0 Å². The van der Waals surface area contributed by atoms with Crippen LogP contribution in [0.2, 0.25) is 0 Å². The smallest absolute Gasteiger partial charge is 0.246 e. The Kier molecular flexibility index (Phi) is 6.12. The van der Waals surface area contributed by atoms with E-state index in [2.05, 4.69) is 25.9 Å². The molecular formula is C25H23N7O3S. The molecule has 1 amide bonds. The summed E-state index contributed by atoms with van der Waals surface area (Å²) in [6, 6.07) is 13.3. The van der Waals surface area contributed by atoms with Gasteiger partial charge in [-0.2, -0.15) is 5.26 Å². The number of nitriles is 1. The van der Waals surface area contributed by atoms with Crippen LogP contribution in [0.15, 0.2) is 66.3 Å². The number of anilines is 1.